The molecule has 33 heavy (non-hydrogen) atoms. The maximum Gasteiger partial charge on any atom is 0.338 e. The number of hydrogen-bond donors (Lipinski definition) is 0. The minimum atomic E-state index is -1.84. The Hall–Kier alpha value is -1.86. The number of oxazole rings is 1. The highest BCUT2D eigenvalue weighted by atomic mass is 35.5. The van der Waals surface area contributed by atoms with Gasteiger partial charge in [-0.15, -0.1) is 0 Å². The van der Waals surface area contributed by atoms with Crippen LogP contribution in [0.3, 0.4) is 0 Å². The molecule has 0 aliphatic heterocycles. The minimum absolute atomic E-state index is 0.137. The molecule has 0 N–H and O–H groups in total. The summed E-state index contributed by atoms with van der Waals surface area (Å²) >= 11 is 12.2. The van der Waals surface area contributed by atoms with Crippen molar-refractivity contribution < 1.29 is 18.4 Å². The van der Waals surface area contributed by atoms with Crippen molar-refractivity contribution in [1.29, 1.82) is 0 Å². The molecule has 1 aliphatic rings. The van der Waals surface area contributed by atoms with Crippen LogP contribution in [-0.4, -0.2) is 31.5 Å². The molecule has 0 bridgehead atoms. The van der Waals surface area contributed by atoms with Crippen LogP contribution in [-0.2, 0) is 9.16 Å². The average molecular weight is 507 g/mol. The van der Waals surface area contributed by atoms with Gasteiger partial charge in [0, 0.05) is 28.1 Å². The standard InChI is InChI=1S/C25H29Cl2NO4Si/c1-25(2,3)33(4,5)32-20-8-7-19(14-20)30-24(29)15-6-9-21-22(12-15)31-23(28-21)16-10-17(26)13-18(27)11-16/h6,9-13,19-20H,7-8,14H2,1-5H3/t19-,20-/m0/s1. The number of fused-ring (bicyclic) bond motifs is 1. The molecule has 1 saturated carbocycles. The van der Waals surface area contributed by atoms with E-state index < -0.39 is 8.32 Å². The Morgan fingerprint density at radius 1 is 1.06 bits per heavy atom. The van der Waals surface area contributed by atoms with Crippen molar-refractivity contribution in [3.8, 4) is 11.5 Å². The second-order valence-corrected chi connectivity index (χ2v) is 15.8. The molecule has 3 aromatic rings. The first kappa shape index (κ1) is 24.3. The van der Waals surface area contributed by atoms with Gasteiger partial charge in [0.1, 0.15) is 11.6 Å². The van der Waals surface area contributed by atoms with E-state index in [0.29, 0.717) is 38.2 Å². The summed E-state index contributed by atoms with van der Waals surface area (Å²) in [5, 5.41) is 1.15. The third kappa shape index (κ3) is 5.45. The zero-order valence-electron chi connectivity index (χ0n) is 19.6. The van der Waals surface area contributed by atoms with E-state index in [1.807, 2.05) is 0 Å². The molecule has 4 rings (SSSR count). The Bertz CT molecular complexity index is 1160. The SMILES string of the molecule is CC(C)(C)[Si](C)(C)O[C@H]1CC[C@H](OC(=O)c2ccc3nc(-c4cc(Cl)cc(Cl)c4)oc3c2)C1. The van der Waals surface area contributed by atoms with Crippen molar-refractivity contribution in [2.45, 2.75) is 70.4 Å². The van der Waals surface area contributed by atoms with Crippen molar-refractivity contribution in [2.75, 3.05) is 0 Å². The summed E-state index contributed by atoms with van der Waals surface area (Å²) in [5.74, 6) is 0.0277. The van der Waals surface area contributed by atoms with Gasteiger partial charge >= 0.3 is 5.97 Å². The molecule has 0 saturated heterocycles. The van der Waals surface area contributed by atoms with Crippen LogP contribution in [0.25, 0.3) is 22.6 Å². The first-order chi connectivity index (χ1) is 15.4. The lowest BCUT2D eigenvalue weighted by molar-refractivity contribution is 0.0290. The third-order valence-electron chi connectivity index (χ3n) is 6.61. The zero-order chi connectivity index (χ0) is 24.0. The third-order valence-corrected chi connectivity index (χ3v) is 11.6. The average Bonchev–Trinajstić information content (AvgIpc) is 3.32. The van der Waals surface area contributed by atoms with Crippen LogP contribution in [0.5, 0.6) is 0 Å². The van der Waals surface area contributed by atoms with Gasteiger partial charge in [0.15, 0.2) is 13.9 Å². The van der Waals surface area contributed by atoms with Gasteiger partial charge in [0.2, 0.25) is 5.89 Å². The van der Waals surface area contributed by atoms with Crippen LogP contribution in [0.1, 0.15) is 50.4 Å². The van der Waals surface area contributed by atoms with Crippen LogP contribution in [0.4, 0.5) is 0 Å². The Balaban J connectivity index is 1.43. The van der Waals surface area contributed by atoms with Crippen LogP contribution < -0.4 is 0 Å². The molecule has 1 fully saturated rings. The number of carbonyl (C=O) groups is 1. The van der Waals surface area contributed by atoms with Gasteiger partial charge in [-0.25, -0.2) is 9.78 Å². The Morgan fingerprint density at radius 3 is 2.39 bits per heavy atom. The lowest BCUT2D eigenvalue weighted by Crippen LogP contribution is -2.43. The Morgan fingerprint density at radius 2 is 1.73 bits per heavy atom. The quantitative estimate of drug-likeness (QED) is 0.260. The molecule has 1 heterocycles. The highest BCUT2D eigenvalue weighted by molar-refractivity contribution is 6.74. The van der Waals surface area contributed by atoms with Gasteiger partial charge in [-0.1, -0.05) is 44.0 Å². The molecular weight excluding hydrogens is 477 g/mol. The molecule has 0 unspecified atom stereocenters. The fourth-order valence-corrected chi connectivity index (χ4v) is 5.71. The lowest BCUT2D eigenvalue weighted by Gasteiger charge is -2.38. The predicted molar refractivity (Wildman–Crippen MR) is 135 cm³/mol. The molecule has 0 amide bonds. The van der Waals surface area contributed by atoms with Gasteiger partial charge in [0.05, 0.1) is 5.56 Å². The summed E-state index contributed by atoms with van der Waals surface area (Å²) in [6.45, 7) is 11.2. The highest BCUT2D eigenvalue weighted by Crippen LogP contribution is 2.40. The first-order valence-electron chi connectivity index (χ1n) is 11.2. The van der Waals surface area contributed by atoms with Crippen LogP contribution in [0.15, 0.2) is 40.8 Å². The summed E-state index contributed by atoms with van der Waals surface area (Å²) in [6, 6.07) is 10.2. The molecule has 5 nitrogen and oxygen atoms in total. The number of benzene rings is 2. The van der Waals surface area contributed by atoms with E-state index in [9.17, 15) is 4.79 Å². The fourth-order valence-electron chi connectivity index (χ4n) is 3.78. The summed E-state index contributed by atoms with van der Waals surface area (Å²) in [5.41, 5.74) is 2.25. The number of aromatic nitrogens is 1. The topological polar surface area (TPSA) is 61.6 Å². The van der Waals surface area contributed by atoms with E-state index in [0.717, 1.165) is 19.3 Å². The van der Waals surface area contributed by atoms with Gasteiger partial charge < -0.3 is 13.6 Å². The maximum atomic E-state index is 12.8. The normalized spacial score (nSPS) is 19.2. The van der Waals surface area contributed by atoms with Crippen molar-refractivity contribution >= 4 is 48.6 Å². The predicted octanol–water partition coefficient (Wildman–Crippen LogP) is 7.90. The number of nitrogens with zero attached hydrogens (tertiary/aromatic N) is 1. The van der Waals surface area contributed by atoms with Crippen LogP contribution in [0.2, 0.25) is 28.2 Å². The van der Waals surface area contributed by atoms with Crippen molar-refractivity contribution in [2.24, 2.45) is 0 Å². The van der Waals surface area contributed by atoms with E-state index in [-0.39, 0.29) is 23.2 Å². The van der Waals surface area contributed by atoms with Gasteiger partial charge in [-0.2, -0.15) is 0 Å². The van der Waals surface area contributed by atoms with Crippen molar-refractivity contribution in [3.63, 3.8) is 0 Å². The van der Waals surface area contributed by atoms with Crippen molar-refractivity contribution in [3.05, 3.63) is 52.0 Å². The van der Waals surface area contributed by atoms with Gasteiger partial charge in [-0.05, 0) is 67.4 Å². The number of esters is 1. The smallest absolute Gasteiger partial charge is 0.338 e. The summed E-state index contributed by atoms with van der Waals surface area (Å²) in [6.07, 6.45) is 2.48. The lowest BCUT2D eigenvalue weighted by atomic mass is 10.2. The van der Waals surface area contributed by atoms with Gasteiger partial charge in [0.25, 0.3) is 0 Å². The number of ether oxygens (including phenoxy) is 1. The maximum absolute atomic E-state index is 12.8. The van der Waals surface area contributed by atoms with Crippen LogP contribution >= 0.6 is 23.2 Å². The van der Waals surface area contributed by atoms with E-state index in [1.165, 1.54) is 0 Å². The first-order valence-corrected chi connectivity index (χ1v) is 14.8. The van der Waals surface area contributed by atoms with Crippen LogP contribution in [0, 0.1) is 0 Å². The van der Waals surface area contributed by atoms with E-state index in [2.05, 4.69) is 38.8 Å². The molecule has 8 heteroatoms. The molecule has 2 atom stereocenters. The van der Waals surface area contributed by atoms with E-state index >= 15 is 0 Å². The molecule has 0 radical (unpaired) electrons. The second-order valence-electron chi connectivity index (χ2n) is 10.2. The van der Waals surface area contributed by atoms with Crippen molar-refractivity contribution in [1.82, 2.24) is 4.98 Å². The largest absolute Gasteiger partial charge is 0.459 e. The minimum Gasteiger partial charge on any atom is -0.459 e. The second kappa shape index (κ2) is 9.06. The highest BCUT2D eigenvalue weighted by Gasteiger charge is 2.41. The summed E-state index contributed by atoms with van der Waals surface area (Å²) in [7, 11) is -1.84. The van der Waals surface area contributed by atoms with E-state index in [4.69, 9.17) is 36.8 Å². The number of rotatable bonds is 5. The summed E-state index contributed by atoms with van der Waals surface area (Å²) < 4.78 is 18.2. The molecular formula is C25H29Cl2NO4Si. The van der Waals surface area contributed by atoms with E-state index in [1.54, 1.807) is 36.4 Å². The fraction of sp³-hybridized carbons (Fsp3) is 0.440. The molecule has 1 aliphatic carbocycles. The molecule has 176 valence electrons. The number of halogens is 2. The van der Waals surface area contributed by atoms with Gasteiger partial charge in [-0.3, -0.25) is 0 Å². The molecule has 2 aromatic carbocycles. The Kier molecular flexibility index (Phi) is 6.66. The zero-order valence-corrected chi connectivity index (χ0v) is 22.1. The summed E-state index contributed by atoms with van der Waals surface area (Å²) in [4.78, 5) is 17.3. The number of hydrogen-bond acceptors (Lipinski definition) is 5. The Labute approximate surface area is 205 Å². The molecule has 1 aromatic heterocycles. The monoisotopic (exact) mass is 505 g/mol. The molecule has 0 spiro atoms. The number of carbonyl (C=O) groups excluding carboxylic acids is 1.